The van der Waals surface area contributed by atoms with Crippen molar-refractivity contribution in [3.8, 4) is 5.69 Å². The van der Waals surface area contributed by atoms with E-state index in [1.165, 1.54) is 12.3 Å². The molecule has 8 heteroatoms. The first-order chi connectivity index (χ1) is 14.0. The molecule has 6 nitrogen and oxygen atoms in total. The third-order valence-electron chi connectivity index (χ3n) is 4.88. The van der Waals surface area contributed by atoms with Crippen LogP contribution in [0.25, 0.3) is 16.7 Å². The number of rotatable bonds is 2. The Balaban J connectivity index is 1.72. The standard InChI is InChI=1S/C21H12Cl2N4O2/c1-11-17-18-14(10-24-19(17)27(25-11)12-5-3-2-4-6-12)20(28)26(21(18)29)13-7-8-15(22)16(23)9-13/h2-10H,1H3. The molecule has 0 bridgehead atoms. The van der Waals surface area contributed by atoms with E-state index in [0.717, 1.165) is 10.6 Å². The molecule has 0 saturated heterocycles. The number of benzene rings is 2. The second-order valence-electron chi connectivity index (χ2n) is 6.62. The number of nitrogens with zero attached hydrogens (tertiary/aromatic N) is 4. The lowest BCUT2D eigenvalue weighted by atomic mass is 10.1. The first-order valence-corrected chi connectivity index (χ1v) is 9.50. The summed E-state index contributed by atoms with van der Waals surface area (Å²) in [7, 11) is 0. The highest BCUT2D eigenvalue weighted by molar-refractivity contribution is 6.43. The van der Waals surface area contributed by atoms with Gasteiger partial charge < -0.3 is 0 Å². The lowest BCUT2D eigenvalue weighted by Gasteiger charge is -2.14. The number of fused-ring (bicyclic) bond motifs is 3. The lowest BCUT2D eigenvalue weighted by Crippen LogP contribution is -2.29. The number of carbonyl (C=O) groups is 2. The first kappa shape index (κ1) is 17.8. The van der Waals surface area contributed by atoms with Crippen LogP contribution in [0.3, 0.4) is 0 Å². The zero-order valence-corrected chi connectivity index (χ0v) is 16.6. The number of hydrogen-bond donors (Lipinski definition) is 0. The summed E-state index contributed by atoms with van der Waals surface area (Å²) in [5, 5.41) is 5.72. The fraction of sp³-hybridized carbons (Fsp3) is 0.0476. The van der Waals surface area contributed by atoms with Crippen molar-refractivity contribution >= 4 is 51.7 Å². The van der Waals surface area contributed by atoms with Crippen LogP contribution in [0, 0.1) is 6.92 Å². The van der Waals surface area contributed by atoms with Crippen molar-refractivity contribution in [1.29, 1.82) is 0 Å². The van der Waals surface area contributed by atoms with Gasteiger partial charge in [-0.05, 0) is 37.3 Å². The highest BCUT2D eigenvalue weighted by Crippen LogP contribution is 2.36. The molecule has 0 saturated carbocycles. The summed E-state index contributed by atoms with van der Waals surface area (Å²) < 4.78 is 1.67. The van der Waals surface area contributed by atoms with Gasteiger partial charge >= 0.3 is 0 Å². The molecule has 4 aromatic rings. The summed E-state index contributed by atoms with van der Waals surface area (Å²) in [5.74, 6) is -0.892. The van der Waals surface area contributed by atoms with E-state index in [4.69, 9.17) is 23.2 Å². The average molecular weight is 423 g/mol. The molecular weight excluding hydrogens is 411 g/mol. The van der Waals surface area contributed by atoms with Crippen molar-refractivity contribution in [3.63, 3.8) is 0 Å². The number of pyridine rings is 1. The number of imide groups is 1. The van der Waals surface area contributed by atoms with Crippen LogP contribution in [0.1, 0.15) is 26.4 Å². The average Bonchev–Trinajstić information content (AvgIpc) is 3.19. The molecule has 0 fully saturated rings. The van der Waals surface area contributed by atoms with Crippen LogP contribution < -0.4 is 4.90 Å². The third kappa shape index (κ3) is 2.57. The van der Waals surface area contributed by atoms with E-state index in [0.29, 0.717) is 33.0 Å². The second-order valence-corrected chi connectivity index (χ2v) is 7.44. The lowest BCUT2D eigenvalue weighted by molar-refractivity contribution is 0.0926. The molecule has 0 atom stereocenters. The minimum absolute atomic E-state index is 0.240. The van der Waals surface area contributed by atoms with Crippen LogP contribution >= 0.6 is 23.2 Å². The molecule has 3 heterocycles. The maximum Gasteiger partial charge on any atom is 0.267 e. The fourth-order valence-electron chi connectivity index (χ4n) is 3.57. The number of carbonyl (C=O) groups excluding carboxylic acids is 2. The Hall–Kier alpha value is -3.22. The predicted molar refractivity (Wildman–Crippen MR) is 111 cm³/mol. The molecule has 142 valence electrons. The normalized spacial score (nSPS) is 13.4. The quantitative estimate of drug-likeness (QED) is 0.433. The molecule has 2 aromatic heterocycles. The molecule has 29 heavy (non-hydrogen) atoms. The maximum absolute atomic E-state index is 13.3. The van der Waals surface area contributed by atoms with Crippen molar-refractivity contribution in [2.24, 2.45) is 0 Å². The van der Waals surface area contributed by atoms with Crippen LogP contribution in [0.5, 0.6) is 0 Å². The van der Waals surface area contributed by atoms with Crippen LogP contribution in [0.4, 0.5) is 5.69 Å². The van der Waals surface area contributed by atoms with E-state index in [9.17, 15) is 9.59 Å². The topological polar surface area (TPSA) is 68.1 Å². The van der Waals surface area contributed by atoms with Gasteiger partial charge in [0.1, 0.15) is 0 Å². The van der Waals surface area contributed by atoms with E-state index in [1.807, 2.05) is 30.3 Å². The number of hydrogen-bond acceptors (Lipinski definition) is 4. The number of aryl methyl sites for hydroxylation is 1. The van der Waals surface area contributed by atoms with E-state index in [1.54, 1.807) is 23.7 Å². The van der Waals surface area contributed by atoms with Gasteiger partial charge in [-0.2, -0.15) is 5.10 Å². The molecule has 2 amide bonds. The monoisotopic (exact) mass is 422 g/mol. The van der Waals surface area contributed by atoms with E-state index >= 15 is 0 Å². The molecular formula is C21H12Cl2N4O2. The summed E-state index contributed by atoms with van der Waals surface area (Å²) in [4.78, 5) is 31.8. The van der Waals surface area contributed by atoms with Gasteiger partial charge in [-0.25, -0.2) is 14.6 Å². The highest BCUT2D eigenvalue weighted by atomic mass is 35.5. The maximum atomic E-state index is 13.3. The Bertz CT molecular complexity index is 1330. The zero-order chi connectivity index (χ0) is 20.3. The van der Waals surface area contributed by atoms with Crippen molar-refractivity contribution in [3.05, 3.63) is 81.6 Å². The summed E-state index contributed by atoms with van der Waals surface area (Å²) in [5.41, 5.74) is 2.84. The summed E-state index contributed by atoms with van der Waals surface area (Å²) in [6.07, 6.45) is 1.43. The van der Waals surface area contributed by atoms with E-state index < -0.39 is 11.8 Å². The molecule has 1 aliphatic rings. The predicted octanol–water partition coefficient (Wildman–Crippen LogP) is 4.84. The second kappa shape index (κ2) is 6.40. The number of para-hydroxylation sites is 1. The smallest absolute Gasteiger partial charge is 0.267 e. The molecule has 5 rings (SSSR count). The van der Waals surface area contributed by atoms with Crippen LogP contribution in [-0.4, -0.2) is 26.6 Å². The van der Waals surface area contributed by atoms with Gasteiger partial charge in [-0.1, -0.05) is 41.4 Å². The molecule has 0 unspecified atom stereocenters. The molecule has 1 aliphatic heterocycles. The van der Waals surface area contributed by atoms with Gasteiger partial charge in [0.15, 0.2) is 5.65 Å². The van der Waals surface area contributed by atoms with Gasteiger partial charge in [0.05, 0.1) is 43.6 Å². The minimum Gasteiger partial charge on any atom is -0.268 e. The van der Waals surface area contributed by atoms with Crippen LogP contribution in [-0.2, 0) is 0 Å². The Morgan fingerprint density at radius 2 is 1.66 bits per heavy atom. The SMILES string of the molecule is Cc1nn(-c2ccccc2)c2ncc3c(c12)C(=O)N(c1ccc(Cl)c(Cl)c1)C3=O. The van der Waals surface area contributed by atoms with Crippen molar-refractivity contribution in [2.75, 3.05) is 4.90 Å². The Labute approximate surface area is 175 Å². The van der Waals surface area contributed by atoms with Gasteiger partial charge in [-0.3, -0.25) is 9.59 Å². The molecule has 0 spiro atoms. The van der Waals surface area contributed by atoms with Crippen LogP contribution in [0.2, 0.25) is 10.0 Å². The van der Waals surface area contributed by atoms with Gasteiger partial charge in [0.25, 0.3) is 11.8 Å². The number of halogens is 2. The van der Waals surface area contributed by atoms with Crippen molar-refractivity contribution < 1.29 is 9.59 Å². The third-order valence-corrected chi connectivity index (χ3v) is 5.62. The Morgan fingerprint density at radius 1 is 0.897 bits per heavy atom. The summed E-state index contributed by atoms with van der Waals surface area (Å²) in [6.45, 7) is 1.79. The Morgan fingerprint density at radius 3 is 2.38 bits per heavy atom. The fourth-order valence-corrected chi connectivity index (χ4v) is 3.86. The summed E-state index contributed by atoms with van der Waals surface area (Å²) >= 11 is 12.1. The Kier molecular flexibility index (Phi) is 3.94. The van der Waals surface area contributed by atoms with Crippen LogP contribution in [0.15, 0.2) is 54.7 Å². The van der Waals surface area contributed by atoms with Gasteiger partial charge in [-0.15, -0.1) is 0 Å². The van der Waals surface area contributed by atoms with E-state index in [-0.39, 0.29) is 10.6 Å². The molecule has 0 aliphatic carbocycles. The van der Waals surface area contributed by atoms with Gasteiger partial charge in [0, 0.05) is 6.20 Å². The first-order valence-electron chi connectivity index (χ1n) is 8.75. The van der Waals surface area contributed by atoms with Crippen molar-refractivity contribution in [1.82, 2.24) is 14.8 Å². The number of aromatic nitrogens is 3. The number of anilines is 1. The number of amides is 2. The largest absolute Gasteiger partial charge is 0.268 e. The minimum atomic E-state index is -0.454. The molecule has 2 aromatic carbocycles. The van der Waals surface area contributed by atoms with Gasteiger partial charge in [0.2, 0.25) is 0 Å². The van der Waals surface area contributed by atoms with Crippen molar-refractivity contribution in [2.45, 2.75) is 6.92 Å². The van der Waals surface area contributed by atoms with E-state index in [2.05, 4.69) is 10.1 Å². The summed E-state index contributed by atoms with van der Waals surface area (Å²) in [6, 6.07) is 14.1. The molecule has 0 radical (unpaired) electrons. The zero-order valence-electron chi connectivity index (χ0n) is 15.1. The molecule has 0 N–H and O–H groups in total. The highest BCUT2D eigenvalue weighted by Gasteiger charge is 2.40.